The van der Waals surface area contributed by atoms with Gasteiger partial charge in [-0.3, -0.25) is 14.4 Å². The van der Waals surface area contributed by atoms with E-state index in [0.717, 1.165) is 6.29 Å². The molecule has 0 aromatic rings. The predicted octanol–water partition coefficient (Wildman–Crippen LogP) is -3.47. The van der Waals surface area contributed by atoms with Crippen molar-refractivity contribution in [1.29, 1.82) is 0 Å². The molecule has 0 atom stereocenters. The van der Waals surface area contributed by atoms with Crippen LogP contribution in [0, 0.1) is 0 Å². The smallest absolute Gasteiger partial charge is 0.222 e. The van der Waals surface area contributed by atoms with E-state index in [1.54, 1.807) is 0 Å². The quantitative estimate of drug-likeness (QED) is 0.0818. The molecule has 180 valence electrons. The van der Waals surface area contributed by atoms with Gasteiger partial charge in [0.2, 0.25) is 17.7 Å². The van der Waals surface area contributed by atoms with Gasteiger partial charge in [-0.2, -0.15) is 0 Å². The summed E-state index contributed by atoms with van der Waals surface area (Å²) in [7, 11) is 0. The summed E-state index contributed by atoms with van der Waals surface area (Å²) in [6.45, 7) is 4.84. The van der Waals surface area contributed by atoms with E-state index in [9.17, 15) is 19.2 Å². The molecular weight excluding hydrogens is 404 g/mol. The second-order valence-electron chi connectivity index (χ2n) is 6.97. The average molecular weight is 445 g/mol. The molecule has 0 rings (SSSR count). The number of amides is 3. The first-order chi connectivity index (χ1) is 15.0. The molecule has 0 saturated carbocycles. The average Bonchev–Trinajstić information content (AvgIpc) is 2.76. The third kappa shape index (κ3) is 17.3. The Hall–Kier alpha value is -2.12. The number of hydrogen-bond acceptors (Lipinski definition) is 9. The molecule has 0 spiro atoms. The van der Waals surface area contributed by atoms with Crippen LogP contribution < -0.4 is 33.2 Å². The van der Waals surface area contributed by atoms with Crippen molar-refractivity contribution < 1.29 is 19.2 Å². The molecule has 12 nitrogen and oxygen atoms in total. The minimum absolute atomic E-state index is 0.0754. The van der Waals surface area contributed by atoms with E-state index in [1.165, 1.54) is 0 Å². The summed E-state index contributed by atoms with van der Waals surface area (Å²) in [5.41, 5.74) is 16.1. The second-order valence-corrected chi connectivity index (χ2v) is 6.97. The fraction of sp³-hybridized carbons (Fsp3) is 0.789. The normalized spacial score (nSPS) is 10.9. The van der Waals surface area contributed by atoms with Gasteiger partial charge in [0.05, 0.1) is 6.67 Å². The monoisotopic (exact) mass is 444 g/mol. The largest absolute Gasteiger partial charge is 0.355 e. The Morgan fingerprint density at radius 1 is 0.645 bits per heavy atom. The highest BCUT2D eigenvalue weighted by molar-refractivity contribution is 5.77. The molecule has 0 aromatic carbocycles. The third-order valence-corrected chi connectivity index (χ3v) is 4.49. The number of nitrogens with one attached hydrogen (secondary N) is 3. The molecule has 0 aliphatic heterocycles. The summed E-state index contributed by atoms with van der Waals surface area (Å²) < 4.78 is 0. The molecule has 0 saturated heterocycles. The summed E-state index contributed by atoms with van der Waals surface area (Å²) in [6, 6.07) is 0. The van der Waals surface area contributed by atoms with E-state index in [1.807, 2.05) is 9.80 Å². The van der Waals surface area contributed by atoms with Crippen molar-refractivity contribution in [2.45, 2.75) is 25.7 Å². The van der Waals surface area contributed by atoms with Crippen LogP contribution in [0.5, 0.6) is 0 Å². The predicted molar refractivity (Wildman–Crippen MR) is 119 cm³/mol. The minimum atomic E-state index is -0.158. The van der Waals surface area contributed by atoms with Crippen LogP contribution in [0.3, 0.4) is 0 Å². The van der Waals surface area contributed by atoms with Gasteiger partial charge in [-0.05, 0) is 0 Å². The lowest BCUT2D eigenvalue weighted by molar-refractivity contribution is -0.122. The first-order valence-corrected chi connectivity index (χ1v) is 10.7. The fourth-order valence-electron chi connectivity index (χ4n) is 2.77. The standard InChI is InChI=1S/C19H40N8O4/c20-5-7-23-17(29)2-10-26(9-1-15-28)13-14-27(12-4-19(31)25-16-22)11-3-18(30)24-8-6-21/h15H,1-14,16,20-22H2,(H,23,29)(H,24,30)(H,25,31). The van der Waals surface area contributed by atoms with Crippen LogP contribution in [0.25, 0.3) is 0 Å². The van der Waals surface area contributed by atoms with Gasteiger partial charge in [0, 0.05) is 91.1 Å². The maximum Gasteiger partial charge on any atom is 0.222 e. The molecule has 9 N–H and O–H groups in total. The summed E-state index contributed by atoms with van der Waals surface area (Å²) in [6.07, 6.45) is 2.06. The van der Waals surface area contributed by atoms with Crippen molar-refractivity contribution >= 4 is 24.0 Å². The molecule has 3 amide bonds. The molecule has 0 heterocycles. The van der Waals surface area contributed by atoms with Crippen LogP contribution in [0.2, 0.25) is 0 Å². The first-order valence-electron chi connectivity index (χ1n) is 10.7. The van der Waals surface area contributed by atoms with Gasteiger partial charge in [0.15, 0.2) is 0 Å². The van der Waals surface area contributed by atoms with E-state index in [4.69, 9.17) is 17.2 Å². The number of hydrogen-bond donors (Lipinski definition) is 6. The van der Waals surface area contributed by atoms with Crippen LogP contribution in [0.4, 0.5) is 0 Å². The molecular formula is C19H40N8O4. The van der Waals surface area contributed by atoms with Crippen molar-refractivity contribution in [3.8, 4) is 0 Å². The number of nitrogens with zero attached hydrogens (tertiary/aromatic N) is 2. The summed E-state index contributed by atoms with van der Waals surface area (Å²) in [4.78, 5) is 50.3. The zero-order valence-corrected chi connectivity index (χ0v) is 18.4. The van der Waals surface area contributed by atoms with Gasteiger partial charge in [-0.1, -0.05) is 0 Å². The van der Waals surface area contributed by atoms with Crippen LogP contribution in [-0.2, 0) is 19.2 Å². The third-order valence-electron chi connectivity index (χ3n) is 4.49. The number of carbonyl (C=O) groups excluding carboxylic acids is 4. The van der Waals surface area contributed by atoms with Gasteiger partial charge in [0.25, 0.3) is 0 Å². The number of carbonyl (C=O) groups is 4. The van der Waals surface area contributed by atoms with Gasteiger partial charge in [-0.15, -0.1) is 0 Å². The Labute approximate surface area is 184 Å². The second kappa shape index (κ2) is 19.8. The van der Waals surface area contributed by atoms with E-state index < -0.39 is 0 Å². The minimum Gasteiger partial charge on any atom is -0.355 e. The summed E-state index contributed by atoms with van der Waals surface area (Å²) >= 11 is 0. The first kappa shape index (κ1) is 28.9. The highest BCUT2D eigenvalue weighted by Crippen LogP contribution is 2.00. The molecule has 0 bridgehead atoms. The lowest BCUT2D eigenvalue weighted by Crippen LogP contribution is -2.41. The zero-order chi connectivity index (χ0) is 23.3. The fourth-order valence-corrected chi connectivity index (χ4v) is 2.77. The van der Waals surface area contributed by atoms with Crippen molar-refractivity contribution in [2.75, 3.05) is 72.1 Å². The van der Waals surface area contributed by atoms with Crippen molar-refractivity contribution in [1.82, 2.24) is 25.8 Å². The van der Waals surface area contributed by atoms with Crippen molar-refractivity contribution in [3.63, 3.8) is 0 Å². The Kier molecular flexibility index (Phi) is 18.5. The van der Waals surface area contributed by atoms with Crippen LogP contribution in [0.15, 0.2) is 0 Å². The van der Waals surface area contributed by atoms with E-state index >= 15 is 0 Å². The molecule has 0 aromatic heterocycles. The van der Waals surface area contributed by atoms with E-state index in [0.29, 0.717) is 78.3 Å². The SMILES string of the molecule is NCCNC(=O)CCN(CCC=O)CCN(CCC(=O)NCN)CCC(=O)NCCN. The number of aldehydes is 1. The molecule has 0 aliphatic rings. The Balaban J connectivity index is 4.72. The molecule has 12 heteroatoms. The molecule has 0 fully saturated rings. The topological polar surface area (TPSA) is 189 Å². The van der Waals surface area contributed by atoms with Gasteiger partial charge in [0.1, 0.15) is 6.29 Å². The van der Waals surface area contributed by atoms with Crippen LogP contribution in [0.1, 0.15) is 25.7 Å². The number of nitrogens with two attached hydrogens (primary N) is 3. The summed E-state index contributed by atoms with van der Waals surface area (Å²) in [5, 5.41) is 8.00. The summed E-state index contributed by atoms with van der Waals surface area (Å²) in [5.74, 6) is -0.348. The van der Waals surface area contributed by atoms with E-state index in [2.05, 4.69) is 16.0 Å². The molecule has 31 heavy (non-hydrogen) atoms. The molecule has 0 aliphatic carbocycles. The highest BCUT2D eigenvalue weighted by Gasteiger charge is 2.14. The van der Waals surface area contributed by atoms with Crippen LogP contribution >= 0.6 is 0 Å². The number of rotatable bonds is 20. The Morgan fingerprint density at radius 3 is 1.45 bits per heavy atom. The van der Waals surface area contributed by atoms with Gasteiger partial charge >= 0.3 is 0 Å². The van der Waals surface area contributed by atoms with Gasteiger partial charge in [-0.25, -0.2) is 0 Å². The van der Waals surface area contributed by atoms with Crippen LogP contribution in [-0.4, -0.2) is 106 Å². The highest BCUT2D eigenvalue weighted by atomic mass is 16.2. The van der Waals surface area contributed by atoms with Crippen molar-refractivity contribution in [3.05, 3.63) is 0 Å². The molecule has 0 unspecified atom stereocenters. The Morgan fingerprint density at radius 2 is 1.06 bits per heavy atom. The zero-order valence-electron chi connectivity index (χ0n) is 18.4. The maximum atomic E-state index is 11.9. The van der Waals surface area contributed by atoms with Crippen molar-refractivity contribution in [2.24, 2.45) is 17.2 Å². The maximum absolute atomic E-state index is 11.9. The lowest BCUT2D eigenvalue weighted by atomic mass is 10.2. The van der Waals surface area contributed by atoms with Gasteiger partial charge < -0.3 is 47.7 Å². The lowest BCUT2D eigenvalue weighted by Gasteiger charge is -2.27. The Bertz CT molecular complexity index is 521. The molecule has 0 radical (unpaired) electrons. The van der Waals surface area contributed by atoms with E-state index in [-0.39, 0.29) is 37.2 Å².